The molecule has 0 atom stereocenters. The number of hydrogen-bond acceptors (Lipinski definition) is 1. The van der Waals surface area contributed by atoms with Gasteiger partial charge in [-0.3, -0.25) is 0 Å². The molecule has 0 N–H and O–H groups in total. The molecule has 0 heterocycles. The van der Waals surface area contributed by atoms with Crippen LogP contribution in [0.3, 0.4) is 0 Å². The van der Waals surface area contributed by atoms with Crippen molar-refractivity contribution in [3.63, 3.8) is 0 Å². The van der Waals surface area contributed by atoms with Crippen molar-refractivity contribution in [1.82, 2.24) is 0 Å². The van der Waals surface area contributed by atoms with E-state index in [1.807, 2.05) is 0 Å². The number of aryl methyl sites for hydroxylation is 3. The lowest BCUT2D eigenvalue weighted by Gasteiger charge is -2.10. The minimum Gasteiger partial charge on any atom is -0.496 e. The molecule has 13 heavy (non-hydrogen) atoms. The molecule has 1 nitrogen and oxygen atoms in total. The van der Waals surface area contributed by atoms with Crippen molar-refractivity contribution < 1.29 is 4.74 Å². The number of methoxy groups -OCH3 is 1. The minimum absolute atomic E-state index is 1.03. The van der Waals surface area contributed by atoms with Gasteiger partial charge in [0.2, 0.25) is 0 Å². The lowest BCUT2D eigenvalue weighted by Crippen LogP contribution is -1.93. The van der Waals surface area contributed by atoms with Gasteiger partial charge in [-0.15, -0.1) is 0 Å². The normalized spacial score (nSPS) is 10.2. The number of benzene rings is 1. The highest BCUT2D eigenvalue weighted by atomic mass is 16.5. The molecule has 1 aromatic rings. The smallest absolute Gasteiger partial charge is 0.124 e. The molecule has 0 saturated carbocycles. The predicted molar refractivity (Wildman–Crippen MR) is 56.5 cm³/mol. The van der Waals surface area contributed by atoms with E-state index >= 15 is 0 Å². The van der Waals surface area contributed by atoms with Gasteiger partial charge < -0.3 is 4.74 Å². The molecule has 0 saturated heterocycles. The molecule has 0 amide bonds. The Kier molecular flexibility index (Phi) is 3.35. The molecular formula is C12H18O. The van der Waals surface area contributed by atoms with E-state index in [1.54, 1.807) is 7.11 Å². The van der Waals surface area contributed by atoms with Crippen LogP contribution in [0.15, 0.2) is 12.1 Å². The van der Waals surface area contributed by atoms with Gasteiger partial charge >= 0.3 is 0 Å². The zero-order chi connectivity index (χ0) is 9.84. The van der Waals surface area contributed by atoms with Gasteiger partial charge in [-0.25, -0.2) is 0 Å². The molecule has 0 aliphatic rings. The highest BCUT2D eigenvalue weighted by molar-refractivity contribution is 5.43. The van der Waals surface area contributed by atoms with E-state index in [1.165, 1.54) is 23.1 Å². The maximum atomic E-state index is 5.31. The van der Waals surface area contributed by atoms with Crippen molar-refractivity contribution in [2.75, 3.05) is 7.11 Å². The van der Waals surface area contributed by atoms with Gasteiger partial charge in [0.1, 0.15) is 5.75 Å². The molecule has 1 heteroatoms. The predicted octanol–water partition coefficient (Wildman–Crippen LogP) is 3.26. The Hall–Kier alpha value is -0.980. The topological polar surface area (TPSA) is 9.23 Å². The molecular weight excluding hydrogens is 160 g/mol. The fourth-order valence-corrected chi connectivity index (χ4v) is 1.79. The molecule has 0 radical (unpaired) electrons. The summed E-state index contributed by atoms with van der Waals surface area (Å²) >= 11 is 0. The van der Waals surface area contributed by atoms with Crippen LogP contribution in [-0.4, -0.2) is 7.11 Å². The fraction of sp³-hybridized carbons (Fsp3) is 0.500. The first-order chi connectivity index (χ1) is 6.19. The monoisotopic (exact) mass is 178 g/mol. The maximum absolute atomic E-state index is 5.31. The van der Waals surface area contributed by atoms with Crippen LogP contribution >= 0.6 is 0 Å². The third-order valence-electron chi connectivity index (χ3n) is 2.26. The summed E-state index contributed by atoms with van der Waals surface area (Å²) < 4.78 is 5.31. The first-order valence-electron chi connectivity index (χ1n) is 4.83. The van der Waals surface area contributed by atoms with Crippen LogP contribution in [0.2, 0.25) is 0 Å². The summed E-state index contributed by atoms with van der Waals surface area (Å²) in [6.45, 7) is 6.41. The first kappa shape index (κ1) is 10.1. The zero-order valence-electron chi connectivity index (χ0n) is 8.98. The Labute approximate surface area is 80.7 Å². The minimum atomic E-state index is 1.03. The molecule has 0 aliphatic heterocycles. The molecule has 1 rings (SSSR count). The van der Waals surface area contributed by atoms with Gasteiger partial charge in [-0.1, -0.05) is 25.5 Å². The van der Waals surface area contributed by atoms with Crippen LogP contribution < -0.4 is 4.74 Å². The van der Waals surface area contributed by atoms with Crippen LogP contribution in [0.1, 0.15) is 30.0 Å². The van der Waals surface area contributed by atoms with Crippen molar-refractivity contribution in [2.45, 2.75) is 33.6 Å². The quantitative estimate of drug-likeness (QED) is 0.690. The van der Waals surface area contributed by atoms with Gasteiger partial charge in [0, 0.05) is 0 Å². The summed E-state index contributed by atoms with van der Waals surface area (Å²) in [5.41, 5.74) is 3.90. The molecule has 0 bridgehead atoms. The van der Waals surface area contributed by atoms with E-state index in [2.05, 4.69) is 32.9 Å². The number of ether oxygens (including phenoxy) is 1. The highest BCUT2D eigenvalue weighted by Crippen LogP contribution is 2.24. The van der Waals surface area contributed by atoms with Gasteiger partial charge in [-0.2, -0.15) is 0 Å². The van der Waals surface area contributed by atoms with Crippen LogP contribution in [0.25, 0.3) is 0 Å². The van der Waals surface area contributed by atoms with Crippen LogP contribution in [0, 0.1) is 13.8 Å². The van der Waals surface area contributed by atoms with E-state index < -0.39 is 0 Å². The second-order valence-electron chi connectivity index (χ2n) is 3.51. The van der Waals surface area contributed by atoms with Crippen molar-refractivity contribution in [1.29, 1.82) is 0 Å². The summed E-state index contributed by atoms with van der Waals surface area (Å²) in [7, 11) is 1.73. The number of hydrogen-bond donors (Lipinski definition) is 0. The van der Waals surface area contributed by atoms with Crippen LogP contribution in [-0.2, 0) is 6.42 Å². The third kappa shape index (κ3) is 2.24. The Bertz CT molecular complexity index is 266. The first-order valence-corrected chi connectivity index (χ1v) is 4.83. The molecule has 0 unspecified atom stereocenters. The van der Waals surface area contributed by atoms with E-state index in [0.29, 0.717) is 0 Å². The van der Waals surface area contributed by atoms with Gasteiger partial charge in [-0.05, 0) is 37.0 Å². The average Bonchev–Trinajstić information content (AvgIpc) is 2.04. The second-order valence-corrected chi connectivity index (χ2v) is 3.51. The van der Waals surface area contributed by atoms with Crippen LogP contribution in [0.5, 0.6) is 5.75 Å². The summed E-state index contributed by atoms with van der Waals surface area (Å²) in [5.74, 6) is 1.03. The third-order valence-corrected chi connectivity index (χ3v) is 2.26. The lowest BCUT2D eigenvalue weighted by molar-refractivity contribution is 0.408. The van der Waals surface area contributed by atoms with Gasteiger partial charge in [0.15, 0.2) is 0 Å². The zero-order valence-corrected chi connectivity index (χ0v) is 8.98. The van der Waals surface area contributed by atoms with E-state index in [0.717, 1.165) is 12.2 Å². The average molecular weight is 178 g/mol. The maximum Gasteiger partial charge on any atom is 0.124 e. The molecule has 72 valence electrons. The van der Waals surface area contributed by atoms with E-state index in [-0.39, 0.29) is 0 Å². The molecule has 1 aromatic carbocycles. The Morgan fingerprint density at radius 3 is 2.08 bits per heavy atom. The summed E-state index contributed by atoms with van der Waals surface area (Å²) in [5, 5.41) is 0. The summed E-state index contributed by atoms with van der Waals surface area (Å²) in [4.78, 5) is 0. The number of rotatable bonds is 3. The highest BCUT2D eigenvalue weighted by Gasteiger charge is 2.03. The Balaban J connectivity index is 3.05. The Morgan fingerprint density at radius 1 is 1.15 bits per heavy atom. The van der Waals surface area contributed by atoms with Gasteiger partial charge in [0.25, 0.3) is 0 Å². The van der Waals surface area contributed by atoms with Crippen molar-refractivity contribution in [3.8, 4) is 5.75 Å². The van der Waals surface area contributed by atoms with Gasteiger partial charge in [0.05, 0.1) is 7.11 Å². The second kappa shape index (κ2) is 4.31. The SMILES string of the molecule is CCCc1cc(C)c(OC)c(C)c1. The van der Waals surface area contributed by atoms with E-state index in [4.69, 9.17) is 4.74 Å². The summed E-state index contributed by atoms with van der Waals surface area (Å²) in [6, 6.07) is 4.44. The van der Waals surface area contributed by atoms with Crippen molar-refractivity contribution in [3.05, 3.63) is 28.8 Å². The van der Waals surface area contributed by atoms with Crippen molar-refractivity contribution >= 4 is 0 Å². The lowest BCUT2D eigenvalue weighted by atomic mass is 10.0. The van der Waals surface area contributed by atoms with E-state index in [9.17, 15) is 0 Å². The molecule has 0 aliphatic carbocycles. The summed E-state index contributed by atoms with van der Waals surface area (Å²) in [6.07, 6.45) is 2.36. The molecule has 0 fully saturated rings. The molecule has 0 spiro atoms. The largest absolute Gasteiger partial charge is 0.496 e. The molecule has 0 aromatic heterocycles. The van der Waals surface area contributed by atoms with Crippen LogP contribution in [0.4, 0.5) is 0 Å². The van der Waals surface area contributed by atoms with Crippen molar-refractivity contribution in [2.24, 2.45) is 0 Å². The Morgan fingerprint density at radius 2 is 1.69 bits per heavy atom. The fourth-order valence-electron chi connectivity index (χ4n) is 1.79. The standard InChI is InChI=1S/C12H18O/c1-5-6-11-7-9(2)12(13-4)10(3)8-11/h7-8H,5-6H2,1-4H3.